The van der Waals surface area contributed by atoms with Gasteiger partial charge in [-0.2, -0.15) is 5.10 Å². The second-order valence-electron chi connectivity index (χ2n) is 4.26. The first-order valence-electron chi connectivity index (χ1n) is 5.21. The smallest absolute Gasteiger partial charge is 0.239 e. The Morgan fingerprint density at radius 3 is 2.88 bits per heavy atom. The fourth-order valence-corrected chi connectivity index (χ4v) is 1.81. The van der Waals surface area contributed by atoms with Crippen molar-refractivity contribution < 1.29 is 9.53 Å². The van der Waals surface area contributed by atoms with E-state index in [9.17, 15) is 4.79 Å². The lowest BCUT2D eigenvalue weighted by Gasteiger charge is -2.25. The number of carbonyl (C=O) groups is 1. The summed E-state index contributed by atoms with van der Waals surface area (Å²) in [6.07, 6.45) is 5.19. The van der Waals surface area contributed by atoms with Gasteiger partial charge in [-0.25, -0.2) is 0 Å². The number of methoxy groups -OCH3 is 1. The third-order valence-electron chi connectivity index (χ3n) is 3.03. The third kappa shape index (κ3) is 1.88. The van der Waals surface area contributed by atoms with E-state index in [1.54, 1.807) is 24.2 Å². The normalized spacial score (nSPS) is 19.1. The summed E-state index contributed by atoms with van der Waals surface area (Å²) in [5.41, 5.74) is 10.4. The zero-order valence-electron chi connectivity index (χ0n) is 9.22. The first kappa shape index (κ1) is 10.9. The molecule has 1 saturated carbocycles. The quantitative estimate of drug-likeness (QED) is 0.703. The Hall–Kier alpha value is -1.56. The minimum Gasteiger partial charge on any atom is -0.493 e. The Bertz CT molecular complexity index is 399. The van der Waals surface area contributed by atoms with E-state index in [4.69, 9.17) is 16.2 Å². The average Bonchev–Trinajstić information content (AvgIpc) is 3.00. The van der Waals surface area contributed by atoms with Gasteiger partial charge in [0.1, 0.15) is 5.54 Å². The predicted octanol–water partition coefficient (Wildman–Crippen LogP) is -0.515. The van der Waals surface area contributed by atoms with Crippen LogP contribution >= 0.6 is 0 Å². The molecule has 6 heteroatoms. The molecule has 16 heavy (non-hydrogen) atoms. The summed E-state index contributed by atoms with van der Waals surface area (Å²) in [6, 6.07) is 0. The SMILES string of the molecule is COc1cnn(CC(N)(C(N)=O)C2CC2)c1. The molecule has 2 rings (SSSR count). The van der Waals surface area contributed by atoms with Crippen molar-refractivity contribution in [3.05, 3.63) is 12.4 Å². The number of primary amides is 1. The summed E-state index contributed by atoms with van der Waals surface area (Å²) >= 11 is 0. The summed E-state index contributed by atoms with van der Waals surface area (Å²) < 4.78 is 6.60. The van der Waals surface area contributed by atoms with Crippen molar-refractivity contribution >= 4 is 5.91 Å². The standard InChI is InChI=1S/C10H16N4O2/c1-16-8-4-13-14(5-8)6-10(12,9(11)15)7-2-3-7/h4-5,7H,2-3,6,12H2,1H3,(H2,11,15). The highest BCUT2D eigenvalue weighted by Gasteiger charge is 2.47. The van der Waals surface area contributed by atoms with E-state index in [-0.39, 0.29) is 5.92 Å². The molecule has 1 unspecified atom stereocenters. The number of aromatic nitrogens is 2. The summed E-state index contributed by atoms with van der Waals surface area (Å²) in [5.74, 6) is 0.354. The number of amides is 1. The van der Waals surface area contributed by atoms with Crippen LogP contribution in [0.1, 0.15) is 12.8 Å². The van der Waals surface area contributed by atoms with Gasteiger partial charge in [0.05, 0.1) is 26.0 Å². The van der Waals surface area contributed by atoms with Crippen molar-refractivity contribution in [3.8, 4) is 5.75 Å². The Labute approximate surface area is 93.5 Å². The molecule has 0 saturated heterocycles. The van der Waals surface area contributed by atoms with Crippen molar-refractivity contribution in [2.45, 2.75) is 24.9 Å². The van der Waals surface area contributed by atoms with Crippen LogP contribution in [0, 0.1) is 5.92 Å². The van der Waals surface area contributed by atoms with Crippen LogP contribution in [0.5, 0.6) is 5.75 Å². The molecule has 1 aromatic heterocycles. The first-order valence-corrected chi connectivity index (χ1v) is 5.21. The second-order valence-corrected chi connectivity index (χ2v) is 4.26. The zero-order valence-corrected chi connectivity index (χ0v) is 9.22. The lowest BCUT2D eigenvalue weighted by molar-refractivity contribution is -0.124. The number of hydrogen-bond acceptors (Lipinski definition) is 4. The van der Waals surface area contributed by atoms with Crippen molar-refractivity contribution in [3.63, 3.8) is 0 Å². The molecule has 0 aliphatic heterocycles. The van der Waals surface area contributed by atoms with Gasteiger partial charge in [0.15, 0.2) is 5.75 Å². The molecule has 1 fully saturated rings. The van der Waals surface area contributed by atoms with E-state index in [1.165, 1.54) is 0 Å². The molecule has 0 radical (unpaired) electrons. The molecule has 1 aromatic rings. The number of carbonyl (C=O) groups excluding carboxylic acids is 1. The van der Waals surface area contributed by atoms with Crippen LogP contribution in [0.2, 0.25) is 0 Å². The highest BCUT2D eigenvalue weighted by molar-refractivity contribution is 5.85. The van der Waals surface area contributed by atoms with Gasteiger partial charge in [-0.15, -0.1) is 0 Å². The minimum atomic E-state index is -0.989. The molecule has 0 bridgehead atoms. The molecular formula is C10H16N4O2. The molecule has 4 N–H and O–H groups in total. The highest BCUT2D eigenvalue weighted by Crippen LogP contribution is 2.39. The van der Waals surface area contributed by atoms with Crippen LogP contribution < -0.4 is 16.2 Å². The van der Waals surface area contributed by atoms with E-state index in [2.05, 4.69) is 5.10 Å². The maximum atomic E-state index is 11.4. The Morgan fingerprint density at radius 2 is 2.44 bits per heavy atom. The number of nitrogens with two attached hydrogens (primary N) is 2. The summed E-state index contributed by atoms with van der Waals surface area (Å²) in [6.45, 7) is 0.302. The largest absolute Gasteiger partial charge is 0.493 e. The van der Waals surface area contributed by atoms with E-state index in [1.807, 2.05) is 0 Å². The first-order chi connectivity index (χ1) is 7.56. The maximum absolute atomic E-state index is 11.4. The predicted molar refractivity (Wildman–Crippen MR) is 57.6 cm³/mol. The van der Waals surface area contributed by atoms with Gasteiger partial charge in [-0.3, -0.25) is 9.48 Å². The molecule has 88 valence electrons. The summed E-state index contributed by atoms with van der Waals surface area (Å²) in [5, 5.41) is 4.07. The lowest BCUT2D eigenvalue weighted by atomic mass is 9.94. The van der Waals surface area contributed by atoms with E-state index in [0.717, 1.165) is 12.8 Å². The topological polar surface area (TPSA) is 96.2 Å². The van der Waals surface area contributed by atoms with Crippen LogP contribution in [-0.2, 0) is 11.3 Å². The summed E-state index contributed by atoms with van der Waals surface area (Å²) in [7, 11) is 1.56. The van der Waals surface area contributed by atoms with Crippen LogP contribution in [0.3, 0.4) is 0 Å². The van der Waals surface area contributed by atoms with Gasteiger partial charge < -0.3 is 16.2 Å². The number of rotatable bonds is 5. The number of ether oxygens (including phenoxy) is 1. The average molecular weight is 224 g/mol. The molecule has 0 aromatic carbocycles. The fourth-order valence-electron chi connectivity index (χ4n) is 1.81. The molecule has 1 amide bonds. The number of hydrogen-bond donors (Lipinski definition) is 2. The Kier molecular flexibility index (Phi) is 2.59. The van der Waals surface area contributed by atoms with Crippen LogP contribution in [-0.4, -0.2) is 28.3 Å². The minimum absolute atomic E-state index is 0.181. The van der Waals surface area contributed by atoms with Crippen molar-refractivity contribution in [1.29, 1.82) is 0 Å². The van der Waals surface area contributed by atoms with Gasteiger partial charge >= 0.3 is 0 Å². The van der Waals surface area contributed by atoms with Crippen molar-refractivity contribution in [2.75, 3.05) is 7.11 Å². The zero-order chi connectivity index (χ0) is 11.8. The van der Waals surface area contributed by atoms with Gasteiger partial charge in [-0.1, -0.05) is 0 Å². The van der Waals surface area contributed by atoms with Crippen LogP contribution in [0.4, 0.5) is 0 Å². The number of nitrogens with zero attached hydrogens (tertiary/aromatic N) is 2. The van der Waals surface area contributed by atoms with E-state index >= 15 is 0 Å². The molecule has 0 spiro atoms. The third-order valence-corrected chi connectivity index (χ3v) is 3.03. The van der Waals surface area contributed by atoms with E-state index < -0.39 is 11.4 Å². The van der Waals surface area contributed by atoms with Gasteiger partial charge in [-0.05, 0) is 18.8 Å². The maximum Gasteiger partial charge on any atom is 0.239 e. The summed E-state index contributed by atoms with van der Waals surface area (Å²) in [4.78, 5) is 11.4. The molecule has 1 heterocycles. The fraction of sp³-hybridized carbons (Fsp3) is 0.600. The Morgan fingerprint density at radius 1 is 1.75 bits per heavy atom. The Balaban J connectivity index is 2.14. The van der Waals surface area contributed by atoms with Crippen molar-refractivity contribution in [2.24, 2.45) is 17.4 Å². The molecule has 1 aliphatic rings. The van der Waals surface area contributed by atoms with Crippen LogP contribution in [0.15, 0.2) is 12.4 Å². The molecule has 1 aliphatic carbocycles. The van der Waals surface area contributed by atoms with Gasteiger partial charge in [0, 0.05) is 0 Å². The lowest BCUT2D eigenvalue weighted by Crippen LogP contribution is -2.56. The second kappa shape index (κ2) is 3.79. The van der Waals surface area contributed by atoms with Gasteiger partial charge in [0.2, 0.25) is 5.91 Å². The van der Waals surface area contributed by atoms with Crippen molar-refractivity contribution in [1.82, 2.24) is 9.78 Å². The molecular weight excluding hydrogens is 208 g/mol. The van der Waals surface area contributed by atoms with Crippen LogP contribution in [0.25, 0.3) is 0 Å². The molecule has 1 atom stereocenters. The monoisotopic (exact) mass is 224 g/mol. The van der Waals surface area contributed by atoms with E-state index in [0.29, 0.717) is 12.3 Å². The highest BCUT2D eigenvalue weighted by atomic mass is 16.5. The van der Waals surface area contributed by atoms with Gasteiger partial charge in [0.25, 0.3) is 0 Å². The molecule has 6 nitrogen and oxygen atoms in total.